The number of halogens is 1. The van der Waals surface area contributed by atoms with Crippen molar-refractivity contribution in [1.29, 1.82) is 0 Å². The van der Waals surface area contributed by atoms with E-state index in [0.717, 1.165) is 5.56 Å². The molecule has 0 spiro atoms. The van der Waals surface area contributed by atoms with E-state index >= 15 is 0 Å². The maximum Gasteiger partial charge on any atom is 0.336 e. The van der Waals surface area contributed by atoms with Crippen LogP contribution in [0.2, 0.25) is 5.02 Å². The number of hydrogen-bond acceptors (Lipinski definition) is 3. The highest BCUT2D eigenvalue weighted by molar-refractivity contribution is 6.30. The van der Waals surface area contributed by atoms with Crippen LogP contribution in [0.5, 0.6) is 0 Å². The number of Topliss-reactive ketones (excluding diaryl/α,β-unsaturated/α-hetero) is 1. The molecule has 0 fully saturated rings. The van der Waals surface area contributed by atoms with Crippen LogP contribution >= 0.6 is 11.6 Å². The molecule has 1 aromatic carbocycles. The van der Waals surface area contributed by atoms with Crippen LogP contribution in [0.25, 0.3) is 0 Å². The van der Waals surface area contributed by atoms with Gasteiger partial charge in [-0.15, -0.1) is 0 Å². The Morgan fingerprint density at radius 3 is 2.42 bits per heavy atom. The second-order valence-corrected chi connectivity index (χ2v) is 4.39. The van der Waals surface area contributed by atoms with Gasteiger partial charge in [0.2, 0.25) is 0 Å². The van der Waals surface area contributed by atoms with E-state index in [1.54, 1.807) is 24.3 Å². The van der Waals surface area contributed by atoms with Crippen molar-refractivity contribution in [3.63, 3.8) is 0 Å². The van der Waals surface area contributed by atoms with Crippen molar-refractivity contribution in [2.24, 2.45) is 0 Å². The largest absolute Gasteiger partial charge is 0.478 e. The van der Waals surface area contributed by atoms with Gasteiger partial charge in [-0.1, -0.05) is 23.7 Å². The highest BCUT2D eigenvalue weighted by atomic mass is 35.5. The fourth-order valence-electron chi connectivity index (χ4n) is 1.69. The summed E-state index contributed by atoms with van der Waals surface area (Å²) in [5.41, 5.74) is 0.855. The molecule has 2 rings (SSSR count). The molecule has 0 atom stereocenters. The number of carboxylic acid groups (broad SMARTS) is 1. The van der Waals surface area contributed by atoms with Gasteiger partial charge in [0.1, 0.15) is 0 Å². The van der Waals surface area contributed by atoms with Crippen LogP contribution in [0, 0.1) is 0 Å². The highest BCUT2D eigenvalue weighted by Crippen LogP contribution is 2.14. The van der Waals surface area contributed by atoms with E-state index in [1.165, 1.54) is 18.5 Å². The molecule has 0 aliphatic rings. The number of ketones is 1. The number of aromatic nitrogens is 1. The number of nitrogens with zero attached hydrogens (tertiary/aromatic N) is 1. The third-order valence-electron chi connectivity index (χ3n) is 2.63. The Kier molecular flexibility index (Phi) is 3.92. The number of carboxylic acids is 1. The Bertz CT molecular complexity index is 623. The van der Waals surface area contributed by atoms with Crippen LogP contribution in [0.4, 0.5) is 0 Å². The summed E-state index contributed by atoms with van der Waals surface area (Å²) in [7, 11) is 0. The van der Waals surface area contributed by atoms with Gasteiger partial charge in [-0.2, -0.15) is 0 Å². The molecule has 0 aliphatic heterocycles. The Balaban J connectivity index is 2.25. The second kappa shape index (κ2) is 5.63. The molecule has 0 saturated carbocycles. The minimum absolute atomic E-state index is 0.0334. The van der Waals surface area contributed by atoms with Crippen LogP contribution in [0.1, 0.15) is 26.3 Å². The Morgan fingerprint density at radius 2 is 1.79 bits per heavy atom. The molecule has 0 radical (unpaired) electrons. The first-order valence-corrected chi connectivity index (χ1v) is 5.90. The number of benzene rings is 1. The maximum atomic E-state index is 12.1. The monoisotopic (exact) mass is 275 g/mol. The molecule has 2 aromatic rings. The Hall–Kier alpha value is -2.20. The number of aromatic carboxylic acids is 1. The lowest BCUT2D eigenvalue weighted by atomic mass is 10.0. The van der Waals surface area contributed by atoms with Crippen LogP contribution in [0.15, 0.2) is 42.7 Å². The smallest absolute Gasteiger partial charge is 0.336 e. The minimum atomic E-state index is -1.14. The summed E-state index contributed by atoms with van der Waals surface area (Å²) in [4.78, 5) is 26.9. The van der Waals surface area contributed by atoms with Crippen molar-refractivity contribution in [3.8, 4) is 0 Å². The fraction of sp³-hybridized carbons (Fsp3) is 0.0714. The summed E-state index contributed by atoms with van der Waals surface area (Å²) in [5.74, 6) is -1.42. The fourth-order valence-corrected chi connectivity index (χ4v) is 1.81. The zero-order valence-corrected chi connectivity index (χ0v) is 10.6. The zero-order chi connectivity index (χ0) is 13.8. The molecule has 0 unspecified atom stereocenters. The molecular weight excluding hydrogens is 266 g/mol. The number of pyridine rings is 1. The first kappa shape index (κ1) is 13.2. The minimum Gasteiger partial charge on any atom is -0.478 e. The number of rotatable bonds is 4. The summed E-state index contributed by atoms with van der Waals surface area (Å²) < 4.78 is 0. The normalized spacial score (nSPS) is 10.2. The van der Waals surface area contributed by atoms with Crippen molar-refractivity contribution in [1.82, 2.24) is 4.98 Å². The summed E-state index contributed by atoms with van der Waals surface area (Å²) in [6, 6.07) is 8.16. The lowest BCUT2D eigenvalue weighted by Gasteiger charge is -2.04. The zero-order valence-electron chi connectivity index (χ0n) is 9.84. The molecule has 5 heteroatoms. The lowest BCUT2D eigenvalue weighted by molar-refractivity contribution is 0.0691. The van der Waals surface area contributed by atoms with E-state index in [9.17, 15) is 9.59 Å². The van der Waals surface area contributed by atoms with E-state index in [-0.39, 0.29) is 23.3 Å². The molecule has 1 heterocycles. The van der Waals surface area contributed by atoms with Crippen LogP contribution in [-0.2, 0) is 6.42 Å². The third kappa shape index (κ3) is 3.17. The Morgan fingerprint density at radius 1 is 1.11 bits per heavy atom. The van der Waals surface area contributed by atoms with Gasteiger partial charge >= 0.3 is 5.97 Å². The average molecular weight is 276 g/mol. The van der Waals surface area contributed by atoms with Crippen molar-refractivity contribution in [3.05, 3.63) is 64.4 Å². The summed E-state index contributed by atoms with van der Waals surface area (Å²) in [6.07, 6.45) is 2.74. The standard InChI is InChI=1S/C14H10ClNO3/c15-10-3-1-9(2-4-10)7-13(17)12-8-16-6-5-11(12)14(18)19/h1-6,8H,7H2,(H,18,19). The average Bonchev–Trinajstić information content (AvgIpc) is 2.41. The third-order valence-corrected chi connectivity index (χ3v) is 2.88. The van der Waals surface area contributed by atoms with E-state index in [0.29, 0.717) is 5.02 Å². The van der Waals surface area contributed by atoms with Crippen molar-refractivity contribution >= 4 is 23.4 Å². The topological polar surface area (TPSA) is 67.3 Å². The van der Waals surface area contributed by atoms with E-state index < -0.39 is 5.97 Å². The van der Waals surface area contributed by atoms with Gasteiger partial charge < -0.3 is 5.11 Å². The molecule has 1 N–H and O–H groups in total. The van der Waals surface area contributed by atoms with Crippen LogP contribution in [-0.4, -0.2) is 21.8 Å². The number of hydrogen-bond donors (Lipinski definition) is 1. The van der Waals surface area contributed by atoms with Gasteiger partial charge in [-0.05, 0) is 23.8 Å². The predicted octanol–water partition coefficient (Wildman–Crippen LogP) is 2.86. The molecule has 19 heavy (non-hydrogen) atoms. The highest BCUT2D eigenvalue weighted by Gasteiger charge is 2.16. The van der Waals surface area contributed by atoms with Crippen molar-refractivity contribution in [2.75, 3.05) is 0 Å². The summed E-state index contributed by atoms with van der Waals surface area (Å²) in [6.45, 7) is 0. The lowest BCUT2D eigenvalue weighted by Crippen LogP contribution is -2.11. The van der Waals surface area contributed by atoms with Gasteiger partial charge in [0.05, 0.1) is 11.1 Å². The van der Waals surface area contributed by atoms with Gasteiger partial charge in [0.15, 0.2) is 5.78 Å². The van der Waals surface area contributed by atoms with Crippen molar-refractivity contribution < 1.29 is 14.7 Å². The van der Waals surface area contributed by atoms with Gasteiger partial charge in [-0.3, -0.25) is 9.78 Å². The van der Waals surface area contributed by atoms with E-state index in [1.807, 2.05) is 0 Å². The number of carbonyl (C=O) groups excluding carboxylic acids is 1. The molecule has 0 bridgehead atoms. The van der Waals surface area contributed by atoms with Crippen LogP contribution < -0.4 is 0 Å². The van der Waals surface area contributed by atoms with Gasteiger partial charge in [0, 0.05) is 23.8 Å². The first-order valence-electron chi connectivity index (χ1n) is 5.53. The molecule has 1 aromatic heterocycles. The molecule has 0 aliphatic carbocycles. The molecule has 4 nitrogen and oxygen atoms in total. The maximum absolute atomic E-state index is 12.1. The first-order chi connectivity index (χ1) is 9.08. The summed E-state index contributed by atoms with van der Waals surface area (Å²) >= 11 is 5.76. The molecule has 0 saturated heterocycles. The SMILES string of the molecule is O=C(O)c1ccncc1C(=O)Cc1ccc(Cl)cc1. The predicted molar refractivity (Wildman–Crippen MR) is 70.7 cm³/mol. The van der Waals surface area contributed by atoms with E-state index in [2.05, 4.69) is 4.98 Å². The second-order valence-electron chi connectivity index (χ2n) is 3.95. The number of carbonyl (C=O) groups is 2. The quantitative estimate of drug-likeness (QED) is 0.871. The van der Waals surface area contributed by atoms with Crippen molar-refractivity contribution in [2.45, 2.75) is 6.42 Å². The van der Waals surface area contributed by atoms with E-state index in [4.69, 9.17) is 16.7 Å². The molecule has 0 amide bonds. The molecule has 96 valence electrons. The van der Waals surface area contributed by atoms with Gasteiger partial charge in [-0.25, -0.2) is 4.79 Å². The summed E-state index contributed by atoms with van der Waals surface area (Å²) in [5, 5.41) is 9.61. The van der Waals surface area contributed by atoms with Gasteiger partial charge in [0.25, 0.3) is 0 Å². The Labute approximate surface area is 114 Å². The van der Waals surface area contributed by atoms with Crippen LogP contribution in [0.3, 0.4) is 0 Å². The molecular formula is C14H10ClNO3.